The minimum atomic E-state index is -0.592. The first-order valence-corrected chi connectivity index (χ1v) is 4.67. The summed E-state index contributed by atoms with van der Waals surface area (Å²) in [7, 11) is 2.62. The van der Waals surface area contributed by atoms with E-state index in [1.807, 2.05) is 0 Å². The zero-order valence-electron chi connectivity index (χ0n) is 9.38. The lowest BCUT2D eigenvalue weighted by Crippen LogP contribution is -1.97. The first kappa shape index (κ1) is 12.7. The molecular weight excluding hydrogens is 226 g/mol. The van der Waals surface area contributed by atoms with E-state index >= 15 is 0 Å². The van der Waals surface area contributed by atoms with Gasteiger partial charge in [0.15, 0.2) is 0 Å². The Morgan fingerprint density at radius 1 is 1.41 bits per heavy atom. The largest absolute Gasteiger partial charge is 0.496 e. The van der Waals surface area contributed by atoms with Crippen LogP contribution in [0.4, 0.5) is 5.69 Å². The van der Waals surface area contributed by atoms with Gasteiger partial charge in [-0.05, 0) is 12.1 Å². The van der Waals surface area contributed by atoms with Crippen LogP contribution in [0.5, 0.6) is 5.75 Å². The topological polar surface area (TPSA) is 78.7 Å². The molecular formula is C11H11NO5. The number of nitrogens with zero attached hydrogens (tertiary/aromatic N) is 1. The molecule has 0 aliphatic rings. The van der Waals surface area contributed by atoms with E-state index in [2.05, 4.69) is 4.74 Å². The molecule has 0 spiro atoms. The summed E-state index contributed by atoms with van der Waals surface area (Å²) >= 11 is 0. The summed E-state index contributed by atoms with van der Waals surface area (Å²) in [6.45, 7) is 0. The first-order chi connectivity index (χ1) is 8.10. The molecule has 6 nitrogen and oxygen atoms in total. The Kier molecular flexibility index (Phi) is 4.21. The van der Waals surface area contributed by atoms with Crippen molar-refractivity contribution in [3.63, 3.8) is 0 Å². The lowest BCUT2D eigenvalue weighted by Gasteiger charge is -2.04. The second-order valence-corrected chi connectivity index (χ2v) is 3.01. The number of nitro groups is 1. The summed E-state index contributed by atoms with van der Waals surface area (Å²) in [4.78, 5) is 21.2. The van der Waals surface area contributed by atoms with Gasteiger partial charge in [-0.15, -0.1) is 0 Å². The average Bonchev–Trinajstić information content (AvgIpc) is 2.35. The Morgan fingerprint density at radius 2 is 2.12 bits per heavy atom. The summed E-state index contributed by atoms with van der Waals surface area (Å²) in [5.74, 6) is -0.274. The van der Waals surface area contributed by atoms with E-state index in [9.17, 15) is 14.9 Å². The first-order valence-electron chi connectivity index (χ1n) is 4.67. The van der Waals surface area contributed by atoms with Gasteiger partial charge >= 0.3 is 5.97 Å². The Labute approximate surface area is 97.6 Å². The number of ether oxygens (including phenoxy) is 2. The minimum Gasteiger partial charge on any atom is -0.496 e. The fourth-order valence-corrected chi connectivity index (χ4v) is 1.26. The molecule has 90 valence electrons. The van der Waals surface area contributed by atoms with Crippen LogP contribution in [0.25, 0.3) is 6.08 Å². The smallest absolute Gasteiger partial charge is 0.330 e. The van der Waals surface area contributed by atoms with Gasteiger partial charge in [-0.2, -0.15) is 0 Å². The minimum absolute atomic E-state index is 0.135. The maximum atomic E-state index is 10.9. The van der Waals surface area contributed by atoms with E-state index in [1.54, 1.807) is 6.07 Å². The van der Waals surface area contributed by atoms with Gasteiger partial charge in [0, 0.05) is 12.1 Å². The van der Waals surface area contributed by atoms with Crippen LogP contribution in [0, 0.1) is 10.1 Å². The zero-order chi connectivity index (χ0) is 12.8. The number of methoxy groups -OCH3 is 2. The second-order valence-electron chi connectivity index (χ2n) is 3.01. The van der Waals surface area contributed by atoms with Crippen molar-refractivity contribution in [3.05, 3.63) is 40.0 Å². The molecule has 17 heavy (non-hydrogen) atoms. The number of rotatable bonds is 4. The van der Waals surface area contributed by atoms with Crippen molar-refractivity contribution < 1.29 is 19.2 Å². The SMILES string of the molecule is COC(=O)/C=C/c1c(OC)cccc1[N+](=O)[O-]. The van der Waals surface area contributed by atoms with Gasteiger partial charge in [0.1, 0.15) is 5.75 Å². The van der Waals surface area contributed by atoms with Crippen LogP contribution in [0.2, 0.25) is 0 Å². The molecule has 0 aliphatic heterocycles. The fraction of sp³-hybridized carbons (Fsp3) is 0.182. The van der Waals surface area contributed by atoms with Gasteiger partial charge in [0.25, 0.3) is 5.69 Å². The third-order valence-corrected chi connectivity index (χ3v) is 2.05. The van der Waals surface area contributed by atoms with Crippen LogP contribution >= 0.6 is 0 Å². The molecule has 0 atom stereocenters. The van der Waals surface area contributed by atoms with E-state index in [0.717, 1.165) is 6.08 Å². The molecule has 0 unspecified atom stereocenters. The van der Waals surface area contributed by atoms with E-state index in [0.29, 0.717) is 5.75 Å². The van der Waals surface area contributed by atoms with Crippen LogP contribution in [-0.4, -0.2) is 25.1 Å². The van der Waals surface area contributed by atoms with Crippen molar-refractivity contribution in [3.8, 4) is 5.75 Å². The van der Waals surface area contributed by atoms with E-state index < -0.39 is 10.9 Å². The molecule has 0 saturated heterocycles. The fourth-order valence-electron chi connectivity index (χ4n) is 1.26. The summed E-state index contributed by atoms with van der Waals surface area (Å²) < 4.78 is 9.40. The van der Waals surface area contributed by atoms with Gasteiger partial charge < -0.3 is 9.47 Å². The molecule has 1 rings (SSSR count). The van der Waals surface area contributed by atoms with Crippen LogP contribution in [0.1, 0.15) is 5.56 Å². The molecule has 0 fully saturated rings. The van der Waals surface area contributed by atoms with Crippen LogP contribution in [0.3, 0.4) is 0 Å². The van der Waals surface area contributed by atoms with E-state index in [4.69, 9.17) is 4.74 Å². The van der Waals surface area contributed by atoms with Gasteiger partial charge in [-0.25, -0.2) is 4.79 Å². The predicted molar refractivity (Wildman–Crippen MR) is 60.7 cm³/mol. The highest BCUT2D eigenvalue weighted by Crippen LogP contribution is 2.29. The van der Waals surface area contributed by atoms with Gasteiger partial charge in [-0.1, -0.05) is 6.07 Å². The molecule has 0 aliphatic carbocycles. The van der Waals surface area contributed by atoms with E-state index in [-0.39, 0.29) is 11.3 Å². The molecule has 0 radical (unpaired) electrons. The molecule has 0 aromatic heterocycles. The molecule has 0 saturated carbocycles. The summed E-state index contributed by atoms with van der Waals surface area (Å²) in [6, 6.07) is 4.41. The lowest BCUT2D eigenvalue weighted by atomic mass is 10.1. The van der Waals surface area contributed by atoms with Gasteiger partial charge in [0.05, 0.1) is 24.7 Å². The Balaban J connectivity index is 3.22. The third-order valence-electron chi connectivity index (χ3n) is 2.05. The number of benzene rings is 1. The summed E-state index contributed by atoms with van der Waals surface area (Å²) in [5, 5.41) is 10.8. The van der Waals surface area contributed by atoms with Crippen molar-refractivity contribution in [2.75, 3.05) is 14.2 Å². The normalized spacial score (nSPS) is 10.2. The molecule has 1 aromatic rings. The highest BCUT2D eigenvalue weighted by Gasteiger charge is 2.15. The maximum absolute atomic E-state index is 10.9. The molecule has 0 heterocycles. The highest BCUT2D eigenvalue weighted by molar-refractivity contribution is 5.88. The van der Waals surface area contributed by atoms with Crippen LogP contribution in [0.15, 0.2) is 24.3 Å². The Hall–Kier alpha value is -2.37. The molecule has 6 heteroatoms. The molecule has 0 amide bonds. The summed E-state index contributed by atoms with van der Waals surface area (Å²) in [6.07, 6.45) is 2.40. The summed E-state index contributed by atoms with van der Waals surface area (Å²) in [5.41, 5.74) is 0.0925. The highest BCUT2D eigenvalue weighted by atomic mass is 16.6. The van der Waals surface area contributed by atoms with Crippen molar-refractivity contribution in [1.82, 2.24) is 0 Å². The lowest BCUT2D eigenvalue weighted by molar-refractivity contribution is -0.385. The average molecular weight is 237 g/mol. The molecule has 0 bridgehead atoms. The second kappa shape index (κ2) is 5.64. The maximum Gasteiger partial charge on any atom is 0.330 e. The molecule has 1 aromatic carbocycles. The third kappa shape index (κ3) is 3.04. The Bertz CT molecular complexity index is 467. The van der Waals surface area contributed by atoms with Gasteiger partial charge in [0.2, 0.25) is 0 Å². The number of carbonyl (C=O) groups excluding carboxylic acids is 1. The number of hydrogen-bond acceptors (Lipinski definition) is 5. The predicted octanol–water partition coefficient (Wildman–Crippen LogP) is 1.79. The Morgan fingerprint density at radius 3 is 2.65 bits per heavy atom. The van der Waals surface area contributed by atoms with Crippen LogP contribution in [-0.2, 0) is 9.53 Å². The number of hydrogen-bond donors (Lipinski definition) is 0. The van der Waals surface area contributed by atoms with Gasteiger partial charge in [-0.3, -0.25) is 10.1 Å². The van der Waals surface area contributed by atoms with E-state index in [1.165, 1.54) is 32.4 Å². The van der Waals surface area contributed by atoms with Crippen molar-refractivity contribution in [2.45, 2.75) is 0 Å². The standard InChI is InChI=1S/C11H11NO5/c1-16-10-5-3-4-9(12(14)15)8(10)6-7-11(13)17-2/h3-7H,1-2H3/b7-6+. The number of nitro benzene ring substituents is 1. The van der Waals surface area contributed by atoms with Crippen LogP contribution < -0.4 is 4.74 Å². The van der Waals surface area contributed by atoms with Crippen molar-refractivity contribution in [2.24, 2.45) is 0 Å². The van der Waals surface area contributed by atoms with Crippen molar-refractivity contribution in [1.29, 1.82) is 0 Å². The van der Waals surface area contributed by atoms with Crippen molar-refractivity contribution >= 4 is 17.7 Å². The number of carbonyl (C=O) groups is 1. The monoisotopic (exact) mass is 237 g/mol. The molecule has 0 N–H and O–H groups in total. The zero-order valence-corrected chi connectivity index (χ0v) is 9.38. The number of esters is 1. The quantitative estimate of drug-likeness (QED) is 0.345.